The van der Waals surface area contributed by atoms with Crippen LogP contribution in [0.1, 0.15) is 11.1 Å². The van der Waals surface area contributed by atoms with Crippen molar-refractivity contribution in [3.05, 3.63) is 39.0 Å². The van der Waals surface area contributed by atoms with Crippen molar-refractivity contribution >= 4 is 39.0 Å². The summed E-state index contributed by atoms with van der Waals surface area (Å²) in [6, 6.07) is 5.67. The molecule has 0 aliphatic heterocycles. The molecule has 100 valence electrons. The Kier molecular flexibility index (Phi) is 4.27. The molecule has 1 aromatic heterocycles. The minimum Gasteiger partial charge on any atom is -0.497 e. The van der Waals surface area contributed by atoms with Crippen LogP contribution in [0.2, 0.25) is 5.15 Å². The Morgan fingerprint density at radius 1 is 1.21 bits per heavy atom. The molecule has 0 saturated carbocycles. The maximum absolute atomic E-state index is 5.94. The van der Waals surface area contributed by atoms with Crippen molar-refractivity contribution in [3.63, 3.8) is 0 Å². The predicted octanol–water partition coefficient (Wildman–Crippen LogP) is 4.26. The lowest BCUT2D eigenvalue weighted by molar-refractivity contribution is 0.415. The van der Waals surface area contributed by atoms with Crippen LogP contribution < -0.4 is 10.1 Å². The van der Waals surface area contributed by atoms with Crippen LogP contribution in [0.3, 0.4) is 0 Å². The van der Waals surface area contributed by atoms with Crippen molar-refractivity contribution in [2.75, 3.05) is 12.4 Å². The van der Waals surface area contributed by atoms with E-state index < -0.39 is 0 Å². The van der Waals surface area contributed by atoms with Gasteiger partial charge in [-0.25, -0.2) is 0 Å². The zero-order valence-electron chi connectivity index (χ0n) is 10.8. The van der Waals surface area contributed by atoms with Crippen LogP contribution in [0.4, 0.5) is 11.5 Å². The molecule has 1 heterocycles. The highest BCUT2D eigenvalue weighted by Gasteiger charge is 2.10. The Balaban J connectivity index is 2.39. The summed E-state index contributed by atoms with van der Waals surface area (Å²) in [6.45, 7) is 3.87. The normalized spacial score (nSPS) is 10.4. The zero-order valence-corrected chi connectivity index (χ0v) is 13.1. The first kappa shape index (κ1) is 14.1. The molecule has 0 aliphatic rings. The minimum absolute atomic E-state index is 0.424. The number of aromatic nitrogens is 2. The first-order valence-corrected chi connectivity index (χ1v) is 6.80. The maximum atomic E-state index is 5.94. The molecule has 0 unspecified atom stereocenters. The summed E-state index contributed by atoms with van der Waals surface area (Å²) in [7, 11) is 1.63. The van der Waals surface area contributed by atoms with Gasteiger partial charge in [0.2, 0.25) is 0 Å². The smallest absolute Gasteiger partial charge is 0.156 e. The fourth-order valence-electron chi connectivity index (χ4n) is 1.55. The molecule has 19 heavy (non-hydrogen) atoms. The van der Waals surface area contributed by atoms with Crippen molar-refractivity contribution in [1.82, 2.24) is 10.2 Å². The van der Waals surface area contributed by atoms with Crippen LogP contribution in [0, 0.1) is 13.8 Å². The molecule has 2 aromatic rings. The quantitative estimate of drug-likeness (QED) is 0.905. The molecule has 0 radical (unpaired) electrons. The summed E-state index contributed by atoms with van der Waals surface area (Å²) >= 11 is 9.42. The topological polar surface area (TPSA) is 47.0 Å². The van der Waals surface area contributed by atoms with Gasteiger partial charge >= 0.3 is 0 Å². The molecule has 4 nitrogen and oxygen atoms in total. The average molecular weight is 343 g/mol. The van der Waals surface area contributed by atoms with Gasteiger partial charge in [-0.2, -0.15) is 0 Å². The van der Waals surface area contributed by atoms with Crippen molar-refractivity contribution in [2.24, 2.45) is 0 Å². The highest BCUT2D eigenvalue weighted by atomic mass is 79.9. The Hall–Kier alpha value is -1.33. The summed E-state index contributed by atoms with van der Waals surface area (Å²) in [4.78, 5) is 0. The van der Waals surface area contributed by atoms with Gasteiger partial charge in [-0.15, -0.1) is 10.2 Å². The molecule has 0 spiro atoms. The number of nitrogens with zero attached hydrogens (tertiary/aromatic N) is 2. The molecule has 0 fully saturated rings. The largest absolute Gasteiger partial charge is 0.497 e. The van der Waals surface area contributed by atoms with E-state index in [1.54, 1.807) is 7.11 Å². The first-order chi connectivity index (χ1) is 9.02. The Bertz CT molecular complexity index is 619. The van der Waals surface area contributed by atoms with Gasteiger partial charge in [-0.1, -0.05) is 11.6 Å². The summed E-state index contributed by atoms with van der Waals surface area (Å²) in [5, 5.41) is 11.6. The van der Waals surface area contributed by atoms with E-state index in [-0.39, 0.29) is 0 Å². The minimum atomic E-state index is 0.424. The second-order valence-corrected chi connectivity index (χ2v) is 5.27. The fourth-order valence-corrected chi connectivity index (χ4v) is 2.07. The number of halogens is 2. The predicted molar refractivity (Wildman–Crippen MR) is 80.5 cm³/mol. The van der Waals surface area contributed by atoms with Crippen LogP contribution >= 0.6 is 27.5 Å². The molecule has 0 bridgehead atoms. The Morgan fingerprint density at radius 3 is 2.63 bits per heavy atom. The van der Waals surface area contributed by atoms with E-state index in [0.29, 0.717) is 11.0 Å². The molecule has 0 amide bonds. The fraction of sp³-hybridized carbons (Fsp3) is 0.231. The zero-order chi connectivity index (χ0) is 14.0. The van der Waals surface area contributed by atoms with Crippen molar-refractivity contribution in [2.45, 2.75) is 13.8 Å². The second-order valence-electron chi connectivity index (χ2n) is 4.06. The van der Waals surface area contributed by atoms with E-state index >= 15 is 0 Å². The van der Waals surface area contributed by atoms with Gasteiger partial charge in [0.15, 0.2) is 11.0 Å². The lowest BCUT2D eigenvalue weighted by atomic mass is 10.2. The molecular formula is C13H13BrClN3O. The van der Waals surface area contributed by atoms with E-state index in [2.05, 4.69) is 31.4 Å². The van der Waals surface area contributed by atoms with Crippen molar-refractivity contribution < 1.29 is 4.74 Å². The second kappa shape index (κ2) is 5.75. The number of rotatable bonds is 3. The number of benzene rings is 1. The van der Waals surface area contributed by atoms with E-state index in [1.807, 2.05) is 32.0 Å². The van der Waals surface area contributed by atoms with Crippen molar-refractivity contribution in [1.29, 1.82) is 0 Å². The number of nitrogens with one attached hydrogen (secondary N) is 1. The Labute approximate surface area is 125 Å². The number of hydrogen-bond acceptors (Lipinski definition) is 4. The molecule has 6 heteroatoms. The summed E-state index contributed by atoms with van der Waals surface area (Å²) in [6.07, 6.45) is 0. The van der Waals surface area contributed by atoms with Gasteiger partial charge < -0.3 is 10.1 Å². The molecular weight excluding hydrogens is 330 g/mol. The van der Waals surface area contributed by atoms with E-state index in [9.17, 15) is 0 Å². The number of methoxy groups -OCH3 is 1. The third kappa shape index (κ3) is 2.98. The maximum Gasteiger partial charge on any atom is 0.156 e. The number of hydrogen-bond donors (Lipinski definition) is 1. The lowest BCUT2D eigenvalue weighted by Gasteiger charge is -2.12. The molecule has 0 aliphatic carbocycles. The summed E-state index contributed by atoms with van der Waals surface area (Å²) in [5.74, 6) is 1.44. The molecule has 0 atom stereocenters. The number of ether oxygens (including phenoxy) is 1. The Morgan fingerprint density at radius 2 is 1.95 bits per heavy atom. The van der Waals surface area contributed by atoms with Crippen LogP contribution in [-0.4, -0.2) is 17.3 Å². The van der Waals surface area contributed by atoms with Crippen LogP contribution in [0.15, 0.2) is 22.7 Å². The summed E-state index contributed by atoms with van der Waals surface area (Å²) < 4.78 is 6.12. The van der Waals surface area contributed by atoms with Crippen LogP contribution in [-0.2, 0) is 0 Å². The van der Waals surface area contributed by atoms with Gasteiger partial charge in [0, 0.05) is 10.5 Å². The molecule has 1 N–H and O–H groups in total. The molecule has 2 rings (SSSR count). The van der Waals surface area contributed by atoms with Crippen LogP contribution in [0.5, 0.6) is 5.75 Å². The van der Waals surface area contributed by atoms with E-state index in [4.69, 9.17) is 16.3 Å². The monoisotopic (exact) mass is 341 g/mol. The third-order valence-electron chi connectivity index (χ3n) is 2.89. The SMILES string of the molecule is COc1ccc(Br)c(Nc2nnc(Cl)c(C)c2C)c1. The van der Waals surface area contributed by atoms with Crippen molar-refractivity contribution in [3.8, 4) is 5.75 Å². The van der Waals surface area contributed by atoms with Gasteiger partial charge in [0.1, 0.15) is 5.75 Å². The first-order valence-electron chi connectivity index (χ1n) is 5.63. The summed E-state index contributed by atoms with van der Waals surface area (Å²) in [5.41, 5.74) is 2.74. The third-order valence-corrected chi connectivity index (χ3v) is 3.94. The van der Waals surface area contributed by atoms with Gasteiger partial charge in [-0.3, -0.25) is 0 Å². The highest BCUT2D eigenvalue weighted by Crippen LogP contribution is 2.31. The highest BCUT2D eigenvalue weighted by molar-refractivity contribution is 9.10. The van der Waals surface area contributed by atoms with E-state index in [0.717, 1.165) is 27.0 Å². The van der Waals surface area contributed by atoms with Gasteiger partial charge in [-0.05, 0) is 53.0 Å². The van der Waals surface area contributed by atoms with Gasteiger partial charge in [0.25, 0.3) is 0 Å². The lowest BCUT2D eigenvalue weighted by Crippen LogP contribution is -2.02. The standard InChI is InChI=1S/C13H13BrClN3O/c1-7-8(2)13(18-17-12(7)15)16-11-6-9(19-3)4-5-10(11)14/h4-6H,1-3H3,(H,16,18). The van der Waals surface area contributed by atoms with Gasteiger partial charge in [0.05, 0.1) is 12.8 Å². The van der Waals surface area contributed by atoms with E-state index in [1.165, 1.54) is 0 Å². The molecule has 1 aromatic carbocycles. The van der Waals surface area contributed by atoms with Crippen LogP contribution in [0.25, 0.3) is 0 Å². The average Bonchev–Trinajstić information content (AvgIpc) is 2.41. The molecule has 0 saturated heterocycles. The number of anilines is 2.